The predicted octanol–water partition coefficient (Wildman–Crippen LogP) is 3.52. The second kappa shape index (κ2) is 8.22. The molecule has 1 aromatic carbocycles. The van der Waals surface area contributed by atoms with Crippen molar-refractivity contribution in [2.45, 2.75) is 24.9 Å². The quantitative estimate of drug-likeness (QED) is 0.264. The molecule has 7 heteroatoms. The summed E-state index contributed by atoms with van der Waals surface area (Å²) in [6.45, 7) is 2.80. The lowest BCUT2D eigenvalue weighted by Crippen LogP contribution is -2.13. The molecule has 118 valence electrons. The normalized spacial score (nSPS) is 10.5. The summed E-state index contributed by atoms with van der Waals surface area (Å²) in [4.78, 5) is 8.58. The van der Waals surface area contributed by atoms with E-state index in [0.29, 0.717) is 22.5 Å². The molecule has 3 N–H and O–H groups in total. The first kappa shape index (κ1) is 16.9. The maximum Gasteiger partial charge on any atom is 0.190 e. The predicted molar refractivity (Wildman–Crippen MR) is 91.7 cm³/mol. The van der Waals surface area contributed by atoms with Crippen molar-refractivity contribution in [1.29, 1.82) is 0 Å². The van der Waals surface area contributed by atoms with E-state index in [1.807, 2.05) is 30.5 Å². The summed E-state index contributed by atoms with van der Waals surface area (Å²) in [7, 11) is 0. The highest BCUT2D eigenvalue weighted by molar-refractivity contribution is 7.98. The van der Waals surface area contributed by atoms with Gasteiger partial charge in [-0.25, -0.2) is 15.8 Å². The zero-order chi connectivity index (χ0) is 15.9. The number of rotatable bonds is 7. The Labute approximate surface area is 139 Å². The minimum absolute atomic E-state index is 0.415. The van der Waals surface area contributed by atoms with Crippen LogP contribution >= 0.6 is 23.4 Å². The van der Waals surface area contributed by atoms with Crippen LogP contribution in [0.5, 0.6) is 5.75 Å². The van der Waals surface area contributed by atoms with Crippen molar-refractivity contribution in [1.82, 2.24) is 9.97 Å². The van der Waals surface area contributed by atoms with Gasteiger partial charge in [0.2, 0.25) is 0 Å². The Balaban J connectivity index is 2.19. The molecule has 0 aliphatic rings. The van der Waals surface area contributed by atoms with Gasteiger partial charge >= 0.3 is 0 Å². The average Bonchev–Trinajstić information content (AvgIpc) is 2.55. The first-order valence-corrected chi connectivity index (χ1v) is 8.57. The molecule has 0 amide bonds. The molecule has 22 heavy (non-hydrogen) atoms. The number of nitrogens with zero attached hydrogens (tertiary/aromatic N) is 2. The molecule has 0 fully saturated rings. The van der Waals surface area contributed by atoms with Gasteiger partial charge in [0.1, 0.15) is 16.7 Å². The van der Waals surface area contributed by atoms with Gasteiger partial charge in [0.05, 0.1) is 6.61 Å². The van der Waals surface area contributed by atoms with Gasteiger partial charge in [-0.2, -0.15) is 0 Å². The van der Waals surface area contributed by atoms with Crippen LogP contribution in [-0.2, 0) is 6.42 Å². The number of aromatic nitrogens is 2. The van der Waals surface area contributed by atoms with Crippen molar-refractivity contribution in [3.8, 4) is 5.75 Å². The largest absolute Gasteiger partial charge is 0.494 e. The standard InChI is InChI=1S/C15H19ClN4OS/c1-3-8-21-11-6-4-10(5-7-11)9-12-13(16)18-15(22-2)19-14(12)20-17/h4-7H,3,8-9,17H2,1-2H3,(H,18,19,20). The first-order valence-electron chi connectivity index (χ1n) is 6.96. The summed E-state index contributed by atoms with van der Waals surface area (Å²) in [6.07, 6.45) is 3.48. The van der Waals surface area contributed by atoms with Crippen LogP contribution in [0.15, 0.2) is 29.4 Å². The van der Waals surface area contributed by atoms with E-state index >= 15 is 0 Å². The van der Waals surface area contributed by atoms with E-state index in [0.717, 1.165) is 29.9 Å². The minimum atomic E-state index is 0.415. The Kier molecular flexibility index (Phi) is 6.30. The zero-order valence-corrected chi connectivity index (χ0v) is 14.2. The minimum Gasteiger partial charge on any atom is -0.494 e. The monoisotopic (exact) mass is 338 g/mol. The van der Waals surface area contributed by atoms with Crippen molar-refractivity contribution in [3.05, 3.63) is 40.5 Å². The Bertz CT molecular complexity index is 622. The fourth-order valence-corrected chi connectivity index (χ4v) is 2.58. The molecule has 0 atom stereocenters. The van der Waals surface area contributed by atoms with E-state index in [1.54, 1.807) is 0 Å². The molecule has 0 radical (unpaired) electrons. The van der Waals surface area contributed by atoms with Gasteiger partial charge in [-0.3, -0.25) is 0 Å². The van der Waals surface area contributed by atoms with Gasteiger partial charge in [-0.1, -0.05) is 42.4 Å². The van der Waals surface area contributed by atoms with Crippen LogP contribution in [0.1, 0.15) is 24.5 Å². The van der Waals surface area contributed by atoms with Crippen LogP contribution < -0.4 is 16.0 Å². The van der Waals surface area contributed by atoms with Crippen molar-refractivity contribution < 1.29 is 4.74 Å². The van der Waals surface area contributed by atoms with Crippen LogP contribution in [0.4, 0.5) is 5.82 Å². The lowest BCUT2D eigenvalue weighted by Gasteiger charge is -2.11. The van der Waals surface area contributed by atoms with Gasteiger partial charge < -0.3 is 10.2 Å². The van der Waals surface area contributed by atoms with Gasteiger partial charge in [0, 0.05) is 12.0 Å². The molecular weight excluding hydrogens is 320 g/mol. The molecule has 2 aromatic rings. The molecule has 0 aliphatic heterocycles. The SMILES string of the molecule is CCCOc1ccc(Cc2c(Cl)nc(SC)nc2NN)cc1. The smallest absolute Gasteiger partial charge is 0.190 e. The molecular formula is C15H19ClN4OS. The van der Waals surface area contributed by atoms with Crippen molar-refractivity contribution in [2.75, 3.05) is 18.3 Å². The van der Waals surface area contributed by atoms with E-state index in [-0.39, 0.29) is 0 Å². The fraction of sp³-hybridized carbons (Fsp3) is 0.333. The first-order chi connectivity index (χ1) is 10.7. The highest BCUT2D eigenvalue weighted by Gasteiger charge is 2.13. The number of hydrogen-bond donors (Lipinski definition) is 2. The Morgan fingerprint density at radius 1 is 1.27 bits per heavy atom. The van der Waals surface area contributed by atoms with Gasteiger partial charge in [0.15, 0.2) is 5.16 Å². The molecule has 0 aliphatic carbocycles. The Morgan fingerprint density at radius 2 is 2.00 bits per heavy atom. The van der Waals surface area contributed by atoms with Crippen LogP contribution in [0, 0.1) is 0 Å². The Morgan fingerprint density at radius 3 is 2.59 bits per heavy atom. The third-order valence-electron chi connectivity index (χ3n) is 3.03. The second-order valence-corrected chi connectivity index (χ2v) is 5.77. The summed E-state index contributed by atoms with van der Waals surface area (Å²) in [6, 6.07) is 7.91. The van der Waals surface area contributed by atoms with Crippen LogP contribution in [0.25, 0.3) is 0 Å². The highest BCUT2D eigenvalue weighted by atomic mass is 35.5. The van der Waals surface area contributed by atoms with E-state index in [1.165, 1.54) is 11.8 Å². The van der Waals surface area contributed by atoms with Crippen molar-refractivity contribution in [3.63, 3.8) is 0 Å². The highest BCUT2D eigenvalue weighted by Crippen LogP contribution is 2.27. The second-order valence-electron chi connectivity index (χ2n) is 4.64. The molecule has 2 rings (SSSR count). The topological polar surface area (TPSA) is 73.1 Å². The van der Waals surface area contributed by atoms with E-state index in [4.69, 9.17) is 22.2 Å². The molecule has 0 saturated heterocycles. The number of thioether (sulfide) groups is 1. The summed E-state index contributed by atoms with van der Waals surface area (Å²) >= 11 is 7.68. The summed E-state index contributed by atoms with van der Waals surface area (Å²) in [5, 5.41) is 1.00. The molecule has 0 bridgehead atoms. The molecule has 0 unspecified atom stereocenters. The molecule has 1 heterocycles. The fourth-order valence-electron chi connectivity index (χ4n) is 1.93. The lowest BCUT2D eigenvalue weighted by molar-refractivity contribution is 0.317. The number of anilines is 1. The summed E-state index contributed by atoms with van der Waals surface area (Å²) in [5.74, 6) is 6.96. The van der Waals surface area contributed by atoms with Crippen LogP contribution in [-0.4, -0.2) is 22.8 Å². The maximum atomic E-state index is 6.26. The van der Waals surface area contributed by atoms with Gasteiger partial charge in [0.25, 0.3) is 0 Å². The number of ether oxygens (including phenoxy) is 1. The van der Waals surface area contributed by atoms with Crippen molar-refractivity contribution in [2.24, 2.45) is 5.84 Å². The van der Waals surface area contributed by atoms with E-state index < -0.39 is 0 Å². The van der Waals surface area contributed by atoms with Crippen LogP contribution in [0.3, 0.4) is 0 Å². The number of hydrazine groups is 1. The van der Waals surface area contributed by atoms with E-state index in [2.05, 4.69) is 22.3 Å². The number of hydrogen-bond acceptors (Lipinski definition) is 6. The Hall–Kier alpha value is -1.50. The van der Waals surface area contributed by atoms with Crippen molar-refractivity contribution >= 4 is 29.2 Å². The van der Waals surface area contributed by atoms with Crippen LogP contribution in [0.2, 0.25) is 5.15 Å². The number of nitrogens with two attached hydrogens (primary N) is 1. The zero-order valence-electron chi connectivity index (χ0n) is 12.6. The van der Waals surface area contributed by atoms with Gasteiger partial charge in [-0.15, -0.1) is 0 Å². The lowest BCUT2D eigenvalue weighted by atomic mass is 10.1. The average molecular weight is 339 g/mol. The van der Waals surface area contributed by atoms with Gasteiger partial charge in [-0.05, 0) is 30.4 Å². The summed E-state index contributed by atoms with van der Waals surface area (Å²) in [5.41, 5.74) is 4.46. The molecule has 5 nitrogen and oxygen atoms in total. The molecule has 0 saturated carbocycles. The maximum absolute atomic E-state index is 6.26. The number of halogens is 1. The number of nitrogen functional groups attached to an aromatic ring is 1. The summed E-state index contributed by atoms with van der Waals surface area (Å²) < 4.78 is 5.57. The third kappa shape index (κ3) is 4.25. The number of benzene rings is 1. The molecule has 1 aromatic heterocycles. The third-order valence-corrected chi connectivity index (χ3v) is 3.89. The molecule has 0 spiro atoms. The number of nitrogens with one attached hydrogen (secondary N) is 1. The van der Waals surface area contributed by atoms with E-state index in [9.17, 15) is 0 Å².